The molecule has 1 rings (SSSR count). The van der Waals surface area contributed by atoms with Crippen molar-refractivity contribution >= 4 is 45.7 Å². The summed E-state index contributed by atoms with van der Waals surface area (Å²) in [6.45, 7) is 1.46. The summed E-state index contributed by atoms with van der Waals surface area (Å²) >= 11 is 16.6. The van der Waals surface area contributed by atoms with Crippen molar-refractivity contribution in [2.24, 2.45) is 0 Å². The number of nitrogens with zero attached hydrogens (tertiary/aromatic N) is 1. The molecule has 1 aromatic rings. The highest BCUT2D eigenvalue weighted by Crippen LogP contribution is 2.19. The minimum absolute atomic E-state index is 0.537. The van der Waals surface area contributed by atoms with Crippen molar-refractivity contribution in [1.29, 1.82) is 0 Å². The smallest absolute Gasteiger partial charge is 0.248 e. The second kappa shape index (κ2) is 9.08. The van der Waals surface area contributed by atoms with E-state index in [-0.39, 0.29) is 0 Å². The van der Waals surface area contributed by atoms with Crippen LogP contribution in [0.25, 0.3) is 0 Å². The number of benzene rings is 1. The molecule has 0 spiro atoms. The van der Waals surface area contributed by atoms with E-state index < -0.39 is 5.24 Å². The van der Waals surface area contributed by atoms with Gasteiger partial charge in [0, 0.05) is 36.6 Å². The first-order valence-electron chi connectivity index (χ1n) is 5.67. The second-order valence-corrected chi connectivity index (χ2v) is 4.71. The lowest BCUT2D eigenvalue weighted by Gasteiger charge is -2.22. The molecule has 3 nitrogen and oxygen atoms in total. The number of anilines is 1. The van der Waals surface area contributed by atoms with Crippen LogP contribution in [0.5, 0.6) is 5.75 Å². The molecule has 19 heavy (non-hydrogen) atoms. The highest BCUT2D eigenvalue weighted by Gasteiger charge is 2.05. The molecule has 0 saturated carbocycles. The Morgan fingerprint density at radius 1 is 1.16 bits per heavy atom. The summed E-state index contributed by atoms with van der Waals surface area (Å²) in [5, 5.41) is -0.577. The van der Waals surface area contributed by atoms with Crippen LogP contribution in [0.15, 0.2) is 36.6 Å². The van der Waals surface area contributed by atoms with Crippen LogP contribution < -0.4 is 9.64 Å². The number of allylic oxidation sites excluding steroid dienone is 1. The number of carbonyl (C=O) groups is 1. The van der Waals surface area contributed by atoms with Gasteiger partial charge < -0.3 is 9.64 Å². The molecule has 6 heteroatoms. The number of alkyl halides is 2. The van der Waals surface area contributed by atoms with Gasteiger partial charge in [0.05, 0.1) is 6.26 Å². The molecular formula is C13H14Cl3NO2. The summed E-state index contributed by atoms with van der Waals surface area (Å²) in [6.07, 6.45) is 2.39. The summed E-state index contributed by atoms with van der Waals surface area (Å²) in [5.74, 6) is 1.69. The van der Waals surface area contributed by atoms with Crippen molar-refractivity contribution in [3.8, 4) is 5.75 Å². The van der Waals surface area contributed by atoms with Gasteiger partial charge in [-0.1, -0.05) is 0 Å². The Hall–Kier alpha value is -0.900. The van der Waals surface area contributed by atoms with Gasteiger partial charge in [0.2, 0.25) is 5.24 Å². The zero-order chi connectivity index (χ0) is 14.1. The summed E-state index contributed by atoms with van der Waals surface area (Å²) in [5.41, 5.74) is 1.02. The minimum Gasteiger partial charge on any atom is -0.465 e. The van der Waals surface area contributed by atoms with Gasteiger partial charge in [0.1, 0.15) is 5.75 Å². The highest BCUT2D eigenvalue weighted by atomic mass is 35.5. The van der Waals surface area contributed by atoms with Crippen LogP contribution in [0.4, 0.5) is 5.69 Å². The fraction of sp³-hybridized carbons (Fsp3) is 0.308. The lowest BCUT2D eigenvalue weighted by molar-refractivity contribution is -0.107. The minimum atomic E-state index is -0.577. The van der Waals surface area contributed by atoms with Crippen LogP contribution in [-0.4, -0.2) is 30.1 Å². The number of ether oxygens (including phenoxy) is 1. The van der Waals surface area contributed by atoms with Crippen LogP contribution in [0.1, 0.15) is 0 Å². The number of halogens is 3. The first-order valence-corrected chi connectivity index (χ1v) is 7.11. The molecule has 0 aliphatic carbocycles. The SMILES string of the molecule is O=C(Cl)/C=C/Oc1ccc(N(CCCl)CCCl)cc1. The Balaban J connectivity index is 2.65. The molecule has 0 aliphatic heterocycles. The van der Waals surface area contributed by atoms with E-state index in [1.165, 1.54) is 6.26 Å². The third kappa shape index (κ3) is 6.19. The molecular weight excluding hydrogens is 309 g/mol. The summed E-state index contributed by atoms with van der Waals surface area (Å²) in [6, 6.07) is 7.41. The average Bonchev–Trinajstić information content (AvgIpc) is 2.39. The standard InChI is InChI=1S/C13H14Cl3NO2/c14-6-8-17(9-7-15)11-1-3-12(4-2-11)19-10-5-13(16)18/h1-5,10H,6-9H2/b10-5+. The van der Waals surface area contributed by atoms with E-state index in [0.717, 1.165) is 24.9 Å². The third-order valence-electron chi connectivity index (χ3n) is 2.31. The van der Waals surface area contributed by atoms with Gasteiger partial charge in [-0.05, 0) is 35.9 Å². The first-order chi connectivity index (χ1) is 9.17. The van der Waals surface area contributed by atoms with E-state index in [0.29, 0.717) is 17.5 Å². The molecule has 0 heterocycles. The second-order valence-electron chi connectivity index (χ2n) is 3.58. The summed E-state index contributed by atoms with van der Waals surface area (Å²) < 4.78 is 5.22. The Morgan fingerprint density at radius 3 is 2.21 bits per heavy atom. The molecule has 0 aliphatic rings. The van der Waals surface area contributed by atoms with Crippen LogP contribution in [0.2, 0.25) is 0 Å². The van der Waals surface area contributed by atoms with Crippen LogP contribution >= 0.6 is 34.8 Å². The summed E-state index contributed by atoms with van der Waals surface area (Å²) in [4.78, 5) is 12.6. The molecule has 0 bridgehead atoms. The monoisotopic (exact) mass is 321 g/mol. The lowest BCUT2D eigenvalue weighted by atomic mass is 10.2. The van der Waals surface area contributed by atoms with E-state index in [1.54, 1.807) is 12.1 Å². The predicted molar refractivity (Wildman–Crippen MR) is 80.7 cm³/mol. The van der Waals surface area contributed by atoms with Crippen molar-refractivity contribution in [2.75, 3.05) is 29.7 Å². The van der Waals surface area contributed by atoms with E-state index >= 15 is 0 Å². The van der Waals surface area contributed by atoms with Crippen molar-refractivity contribution in [3.63, 3.8) is 0 Å². The van der Waals surface area contributed by atoms with Crippen LogP contribution in [-0.2, 0) is 4.79 Å². The molecule has 0 radical (unpaired) electrons. The first kappa shape index (κ1) is 16.2. The van der Waals surface area contributed by atoms with E-state index in [1.807, 2.05) is 12.1 Å². The fourth-order valence-electron chi connectivity index (χ4n) is 1.48. The molecule has 0 amide bonds. The number of rotatable bonds is 8. The molecule has 0 unspecified atom stereocenters. The number of hydrogen-bond donors (Lipinski definition) is 0. The number of carbonyl (C=O) groups excluding carboxylic acids is 1. The molecule has 104 valence electrons. The maximum atomic E-state index is 10.5. The van der Waals surface area contributed by atoms with Gasteiger partial charge in [-0.15, -0.1) is 23.2 Å². The fourth-order valence-corrected chi connectivity index (χ4v) is 1.94. The maximum Gasteiger partial charge on any atom is 0.248 e. The van der Waals surface area contributed by atoms with Crippen LogP contribution in [0, 0.1) is 0 Å². The van der Waals surface area contributed by atoms with E-state index in [4.69, 9.17) is 39.5 Å². The Bertz CT molecular complexity index is 414. The van der Waals surface area contributed by atoms with E-state index in [2.05, 4.69) is 4.90 Å². The van der Waals surface area contributed by atoms with Gasteiger partial charge in [0.25, 0.3) is 0 Å². The Labute approximate surface area is 127 Å². The highest BCUT2D eigenvalue weighted by molar-refractivity contribution is 6.66. The molecule has 0 saturated heterocycles. The normalized spacial score (nSPS) is 10.7. The lowest BCUT2D eigenvalue weighted by Crippen LogP contribution is -2.27. The molecule has 0 N–H and O–H groups in total. The zero-order valence-electron chi connectivity index (χ0n) is 10.2. The van der Waals surface area contributed by atoms with Gasteiger partial charge >= 0.3 is 0 Å². The quantitative estimate of drug-likeness (QED) is 0.317. The summed E-state index contributed by atoms with van der Waals surface area (Å²) in [7, 11) is 0. The van der Waals surface area contributed by atoms with E-state index in [9.17, 15) is 4.79 Å². The molecule has 0 aromatic heterocycles. The van der Waals surface area contributed by atoms with Crippen LogP contribution in [0.3, 0.4) is 0 Å². The largest absolute Gasteiger partial charge is 0.465 e. The van der Waals surface area contributed by atoms with Crippen molar-refractivity contribution in [1.82, 2.24) is 0 Å². The molecule has 0 fully saturated rings. The van der Waals surface area contributed by atoms with Crippen molar-refractivity contribution < 1.29 is 9.53 Å². The van der Waals surface area contributed by atoms with Crippen molar-refractivity contribution in [3.05, 3.63) is 36.6 Å². The predicted octanol–water partition coefficient (Wildman–Crippen LogP) is 3.63. The maximum absolute atomic E-state index is 10.5. The van der Waals surface area contributed by atoms with Gasteiger partial charge in [-0.25, -0.2) is 0 Å². The van der Waals surface area contributed by atoms with Gasteiger partial charge in [-0.3, -0.25) is 4.79 Å². The van der Waals surface area contributed by atoms with Crippen molar-refractivity contribution in [2.45, 2.75) is 0 Å². The third-order valence-corrected chi connectivity index (χ3v) is 2.78. The topological polar surface area (TPSA) is 29.5 Å². The molecule has 0 atom stereocenters. The van der Waals surface area contributed by atoms with Gasteiger partial charge in [0.15, 0.2) is 0 Å². The Morgan fingerprint density at radius 2 is 1.74 bits per heavy atom. The average molecular weight is 323 g/mol. The zero-order valence-corrected chi connectivity index (χ0v) is 12.5. The van der Waals surface area contributed by atoms with Gasteiger partial charge in [-0.2, -0.15) is 0 Å². The Kier molecular flexibility index (Phi) is 7.72. The molecule has 1 aromatic carbocycles. The number of hydrogen-bond acceptors (Lipinski definition) is 3.